The summed E-state index contributed by atoms with van der Waals surface area (Å²) in [6, 6.07) is 8.73. The van der Waals surface area contributed by atoms with E-state index in [4.69, 9.17) is 9.47 Å². The Balaban J connectivity index is 1.65. The highest BCUT2D eigenvalue weighted by Crippen LogP contribution is 2.44. The molecule has 13 nitrogen and oxygen atoms in total. The Kier molecular flexibility index (Phi) is 6.18. The number of fused-ring (bicyclic) bond motifs is 2. The summed E-state index contributed by atoms with van der Waals surface area (Å²) in [5.74, 6) is -5.57. The maximum Gasteiger partial charge on any atom is 0.338 e. The van der Waals surface area contributed by atoms with Crippen LogP contribution >= 0.6 is 0 Å². The second-order valence-corrected chi connectivity index (χ2v) is 8.98. The van der Waals surface area contributed by atoms with Gasteiger partial charge in [-0.15, -0.1) is 4.91 Å². The van der Waals surface area contributed by atoms with E-state index in [-0.39, 0.29) is 45.7 Å². The molecule has 0 amide bonds. The lowest BCUT2D eigenvalue weighted by Crippen LogP contribution is -2.34. The fraction of sp³-hybridized carbons (Fsp3) is 0.111. The van der Waals surface area contributed by atoms with Crippen LogP contribution in [-0.2, 0) is 11.2 Å². The molecule has 1 aliphatic heterocycles. The van der Waals surface area contributed by atoms with Crippen LogP contribution < -0.4 is 10.2 Å². The van der Waals surface area contributed by atoms with Crippen molar-refractivity contribution in [2.45, 2.75) is 18.6 Å². The van der Waals surface area contributed by atoms with Crippen LogP contribution in [0, 0.1) is 4.91 Å². The molecule has 1 unspecified atom stereocenters. The normalized spacial score (nSPS) is 16.1. The number of hydrogen-bond donors (Lipinski definition) is 7. The van der Waals surface area contributed by atoms with Crippen molar-refractivity contribution in [2.24, 2.45) is 5.18 Å². The molecular weight excluding hydrogens is 530 g/mol. The molecule has 1 aliphatic rings. The molecule has 13 heteroatoms. The Bertz CT molecular complexity index is 1760. The van der Waals surface area contributed by atoms with Crippen LogP contribution in [0.5, 0.6) is 46.0 Å². The highest BCUT2D eigenvalue weighted by molar-refractivity contribution is 5.92. The largest absolute Gasteiger partial charge is 0.508 e. The number of phenols is 6. The van der Waals surface area contributed by atoms with E-state index in [0.29, 0.717) is 0 Å². The third kappa shape index (κ3) is 4.34. The number of carbonyl (C=O) groups excluding carboxylic acids is 1. The first-order chi connectivity index (χ1) is 19.0. The van der Waals surface area contributed by atoms with Crippen molar-refractivity contribution in [3.63, 3.8) is 0 Å². The van der Waals surface area contributed by atoms with Gasteiger partial charge in [-0.3, -0.25) is 4.79 Å². The average Bonchev–Trinajstić information content (AvgIpc) is 3.02. The monoisotopic (exact) mass is 549 g/mol. The zero-order valence-electron chi connectivity index (χ0n) is 20.1. The highest BCUT2D eigenvalue weighted by atomic mass is 16.6. The predicted octanol–water partition coefficient (Wildman–Crippen LogP) is 3.44. The SMILES string of the molecule is O=Nc1c(O)cc(C(=O)OC2Cc3c(O)cc(O)cc3O[C@@H]2c2cc(O)c(=O)c3c(O)c(O)ccc3c2)cc1O. The van der Waals surface area contributed by atoms with Crippen molar-refractivity contribution in [3.05, 3.63) is 80.4 Å². The van der Waals surface area contributed by atoms with Gasteiger partial charge in [-0.1, -0.05) is 6.07 Å². The standard InChI is InChI=1S/C27H19NO12/c29-13-7-16(31)14-9-21(40-27(37)12-5-17(32)23(28-38)18(33)6-12)26(39-20(14)8-13)11-3-10-1-2-15(30)24(35)22(10)25(36)19(34)4-11/h1-8,21,26,29-33,35H,9H2,(H,34,36)/t21?,26-/m1/s1. The van der Waals surface area contributed by atoms with Crippen LogP contribution in [0.25, 0.3) is 10.8 Å². The van der Waals surface area contributed by atoms with Crippen molar-refractivity contribution in [1.29, 1.82) is 0 Å². The summed E-state index contributed by atoms with van der Waals surface area (Å²) < 4.78 is 11.6. The van der Waals surface area contributed by atoms with Crippen molar-refractivity contribution >= 4 is 22.4 Å². The Morgan fingerprint density at radius 3 is 2.23 bits per heavy atom. The van der Waals surface area contributed by atoms with Crippen LogP contribution in [0.15, 0.2) is 58.5 Å². The van der Waals surface area contributed by atoms with Crippen molar-refractivity contribution in [1.82, 2.24) is 0 Å². The number of carbonyl (C=O) groups is 1. The number of esters is 1. The second-order valence-electron chi connectivity index (χ2n) is 8.98. The number of hydrogen-bond acceptors (Lipinski definition) is 13. The molecule has 0 fully saturated rings. The molecule has 1 heterocycles. The van der Waals surface area contributed by atoms with E-state index in [0.717, 1.165) is 30.3 Å². The topological polar surface area (TPSA) is 224 Å². The van der Waals surface area contributed by atoms with E-state index in [1.807, 2.05) is 0 Å². The van der Waals surface area contributed by atoms with Crippen LogP contribution in [0.1, 0.15) is 27.6 Å². The molecule has 204 valence electrons. The van der Waals surface area contributed by atoms with E-state index >= 15 is 0 Å². The molecule has 0 aromatic heterocycles. The number of ether oxygens (including phenoxy) is 2. The van der Waals surface area contributed by atoms with Crippen LogP contribution in [-0.4, -0.2) is 47.8 Å². The summed E-state index contributed by atoms with van der Waals surface area (Å²) in [6.07, 6.45) is -2.76. The van der Waals surface area contributed by atoms with Gasteiger partial charge in [0.2, 0.25) is 5.43 Å². The molecule has 4 aromatic carbocycles. The number of benzene rings is 3. The molecule has 0 spiro atoms. The Hall–Kier alpha value is -5.72. The number of rotatable bonds is 4. The number of nitroso groups, excluding NO2 is 1. The lowest BCUT2D eigenvalue weighted by molar-refractivity contribution is -0.0188. The zero-order chi connectivity index (χ0) is 28.9. The van der Waals surface area contributed by atoms with Crippen LogP contribution in [0.4, 0.5) is 5.69 Å². The first-order valence-electron chi connectivity index (χ1n) is 11.5. The number of aromatic hydroxyl groups is 7. The molecule has 2 atom stereocenters. The average molecular weight is 549 g/mol. The molecular formula is C27H19NO12. The molecule has 7 N–H and O–H groups in total. The van der Waals surface area contributed by atoms with Gasteiger partial charge in [0, 0.05) is 29.7 Å². The maximum atomic E-state index is 13.1. The van der Waals surface area contributed by atoms with Gasteiger partial charge in [0.15, 0.2) is 29.0 Å². The summed E-state index contributed by atoms with van der Waals surface area (Å²) in [5, 5.41) is 73.0. The lowest BCUT2D eigenvalue weighted by Gasteiger charge is -2.33. The molecule has 0 aliphatic carbocycles. The number of phenolic OH excluding ortho intramolecular Hbond substituents is 6. The summed E-state index contributed by atoms with van der Waals surface area (Å²) in [6.45, 7) is 0. The van der Waals surface area contributed by atoms with E-state index in [1.54, 1.807) is 0 Å². The summed E-state index contributed by atoms with van der Waals surface area (Å²) in [5.41, 5.74) is -1.84. The van der Waals surface area contributed by atoms with Gasteiger partial charge >= 0.3 is 5.97 Å². The number of nitrogens with zero attached hydrogens (tertiary/aromatic N) is 1. The van der Waals surface area contributed by atoms with E-state index in [1.165, 1.54) is 18.2 Å². The van der Waals surface area contributed by atoms with E-state index in [9.17, 15) is 50.2 Å². The van der Waals surface area contributed by atoms with Gasteiger partial charge in [-0.25, -0.2) is 4.79 Å². The Morgan fingerprint density at radius 1 is 0.850 bits per heavy atom. The second kappa shape index (κ2) is 9.54. The molecule has 0 saturated heterocycles. The molecule has 5 rings (SSSR count). The minimum atomic E-state index is -1.28. The van der Waals surface area contributed by atoms with Crippen molar-refractivity contribution < 1.29 is 50.0 Å². The fourth-order valence-corrected chi connectivity index (χ4v) is 4.55. The quantitative estimate of drug-likeness (QED) is 0.110. The van der Waals surface area contributed by atoms with Gasteiger partial charge in [0.25, 0.3) is 0 Å². The molecule has 0 radical (unpaired) electrons. The first-order valence-corrected chi connectivity index (χ1v) is 11.5. The summed E-state index contributed by atoms with van der Waals surface area (Å²) >= 11 is 0. The molecule has 40 heavy (non-hydrogen) atoms. The van der Waals surface area contributed by atoms with Crippen molar-refractivity contribution in [2.75, 3.05) is 0 Å². The first kappa shape index (κ1) is 25.9. The highest BCUT2D eigenvalue weighted by Gasteiger charge is 2.37. The fourth-order valence-electron chi connectivity index (χ4n) is 4.55. The minimum Gasteiger partial charge on any atom is -0.508 e. The predicted molar refractivity (Wildman–Crippen MR) is 136 cm³/mol. The third-order valence-corrected chi connectivity index (χ3v) is 6.42. The molecule has 0 bridgehead atoms. The lowest BCUT2D eigenvalue weighted by atomic mass is 9.94. The van der Waals surface area contributed by atoms with Gasteiger partial charge < -0.3 is 45.2 Å². The third-order valence-electron chi connectivity index (χ3n) is 6.42. The molecule has 4 aromatic rings. The van der Waals surface area contributed by atoms with Crippen LogP contribution in [0.3, 0.4) is 0 Å². The van der Waals surface area contributed by atoms with Crippen molar-refractivity contribution in [3.8, 4) is 46.0 Å². The Labute approximate surface area is 222 Å². The van der Waals surface area contributed by atoms with Crippen LogP contribution in [0.2, 0.25) is 0 Å². The van der Waals surface area contributed by atoms with E-state index in [2.05, 4.69) is 5.18 Å². The zero-order valence-corrected chi connectivity index (χ0v) is 20.1. The Morgan fingerprint density at radius 2 is 1.55 bits per heavy atom. The maximum absolute atomic E-state index is 13.1. The van der Waals surface area contributed by atoms with Gasteiger partial charge in [0.05, 0.1) is 10.9 Å². The molecule has 0 saturated carbocycles. The minimum absolute atomic E-state index is 0.00429. The summed E-state index contributed by atoms with van der Waals surface area (Å²) in [4.78, 5) is 36.7. The van der Waals surface area contributed by atoms with Gasteiger partial charge in [0.1, 0.15) is 34.9 Å². The smallest absolute Gasteiger partial charge is 0.338 e. The van der Waals surface area contributed by atoms with Gasteiger partial charge in [-0.2, -0.15) is 0 Å². The summed E-state index contributed by atoms with van der Waals surface area (Å²) in [7, 11) is 0. The van der Waals surface area contributed by atoms with Gasteiger partial charge in [-0.05, 0) is 40.9 Å². The van der Waals surface area contributed by atoms with E-state index < -0.39 is 63.4 Å².